The van der Waals surface area contributed by atoms with E-state index in [1.54, 1.807) is 0 Å². The van der Waals surface area contributed by atoms with Crippen molar-refractivity contribution in [2.75, 3.05) is 39.8 Å². The van der Waals surface area contributed by atoms with Crippen LogP contribution in [0.2, 0.25) is 0 Å². The van der Waals surface area contributed by atoms with E-state index in [1.165, 1.54) is 11.1 Å². The zero-order valence-electron chi connectivity index (χ0n) is 13.1. The lowest BCUT2D eigenvalue weighted by Gasteiger charge is -2.41. The predicted octanol–water partition coefficient (Wildman–Crippen LogP) is -0.582. The van der Waals surface area contributed by atoms with Gasteiger partial charge >= 0.3 is 6.09 Å². The highest BCUT2D eigenvalue weighted by atomic mass is 79.9. The number of hydrogen-bond acceptors (Lipinski definition) is 2. The number of amides is 1. The highest BCUT2D eigenvalue weighted by Crippen LogP contribution is 2.18. The second kappa shape index (κ2) is 7.80. The minimum absolute atomic E-state index is 0. The standard InChI is InChI=1S/C16H25N2O2.BrH/c1-4-20-16(19)17-9-11-18(3,12-10-17)13-15-8-6-5-7-14(15)2;/h5-8H,4,9-13H2,1-3H3;1H/q+1;/p-1. The molecule has 0 saturated carbocycles. The fraction of sp³-hybridized carbons (Fsp3) is 0.562. The molecule has 2 rings (SSSR count). The Hall–Kier alpha value is -1.07. The second-order valence-electron chi connectivity index (χ2n) is 5.84. The zero-order valence-corrected chi connectivity index (χ0v) is 14.7. The molecule has 1 saturated heterocycles. The highest BCUT2D eigenvalue weighted by molar-refractivity contribution is 5.67. The first-order chi connectivity index (χ1) is 9.54. The van der Waals surface area contributed by atoms with Gasteiger partial charge in [-0.25, -0.2) is 4.79 Å². The Labute approximate surface area is 138 Å². The third kappa shape index (κ3) is 4.71. The van der Waals surface area contributed by atoms with Crippen LogP contribution in [-0.2, 0) is 11.3 Å². The van der Waals surface area contributed by atoms with Crippen LogP contribution in [0.5, 0.6) is 0 Å². The first-order valence-electron chi connectivity index (χ1n) is 7.34. The molecule has 1 aliphatic heterocycles. The zero-order chi connectivity index (χ0) is 14.6. The fourth-order valence-electron chi connectivity index (χ4n) is 2.70. The number of likely N-dealkylation sites (N-methyl/N-ethyl adjacent to an activating group) is 1. The van der Waals surface area contributed by atoms with E-state index in [0.717, 1.165) is 37.2 Å². The maximum absolute atomic E-state index is 11.7. The first-order valence-corrected chi connectivity index (χ1v) is 7.34. The Morgan fingerprint density at radius 1 is 1.29 bits per heavy atom. The molecule has 1 amide bonds. The maximum atomic E-state index is 11.7. The summed E-state index contributed by atoms with van der Waals surface area (Å²) in [6.45, 7) is 9.01. The van der Waals surface area contributed by atoms with Crippen molar-refractivity contribution in [1.29, 1.82) is 0 Å². The molecule has 0 aromatic heterocycles. The number of piperazine rings is 1. The molecule has 0 radical (unpaired) electrons. The van der Waals surface area contributed by atoms with Gasteiger partial charge in [-0.15, -0.1) is 0 Å². The van der Waals surface area contributed by atoms with E-state index in [2.05, 4.69) is 38.2 Å². The Morgan fingerprint density at radius 2 is 1.90 bits per heavy atom. The van der Waals surface area contributed by atoms with Crippen molar-refractivity contribution >= 4 is 6.09 Å². The minimum Gasteiger partial charge on any atom is -1.00 e. The van der Waals surface area contributed by atoms with Crippen molar-refractivity contribution in [2.24, 2.45) is 0 Å². The molecular formula is C16H25BrN2O2. The van der Waals surface area contributed by atoms with Gasteiger partial charge in [0.25, 0.3) is 0 Å². The first kappa shape index (κ1) is 18.0. The molecule has 0 N–H and O–H groups in total. The van der Waals surface area contributed by atoms with Crippen LogP contribution in [0.25, 0.3) is 0 Å². The van der Waals surface area contributed by atoms with Gasteiger partial charge < -0.3 is 26.2 Å². The summed E-state index contributed by atoms with van der Waals surface area (Å²) in [5, 5.41) is 0. The van der Waals surface area contributed by atoms with Crippen LogP contribution >= 0.6 is 0 Å². The molecule has 1 aliphatic rings. The number of carbonyl (C=O) groups is 1. The van der Waals surface area contributed by atoms with Gasteiger partial charge in [-0.1, -0.05) is 24.3 Å². The highest BCUT2D eigenvalue weighted by Gasteiger charge is 2.31. The quantitative estimate of drug-likeness (QED) is 0.678. The molecule has 0 aliphatic carbocycles. The van der Waals surface area contributed by atoms with Crippen LogP contribution < -0.4 is 17.0 Å². The van der Waals surface area contributed by atoms with Crippen LogP contribution in [0.3, 0.4) is 0 Å². The molecule has 1 fully saturated rings. The van der Waals surface area contributed by atoms with Gasteiger partial charge in [0.05, 0.1) is 39.8 Å². The number of carbonyl (C=O) groups excluding carboxylic acids is 1. The van der Waals surface area contributed by atoms with E-state index < -0.39 is 0 Å². The van der Waals surface area contributed by atoms with Crippen molar-refractivity contribution in [3.8, 4) is 0 Å². The van der Waals surface area contributed by atoms with Gasteiger partial charge in [0.15, 0.2) is 0 Å². The van der Waals surface area contributed by atoms with E-state index >= 15 is 0 Å². The van der Waals surface area contributed by atoms with E-state index in [0.29, 0.717) is 6.61 Å². The Balaban J connectivity index is 0.00000220. The van der Waals surface area contributed by atoms with Gasteiger partial charge in [0.1, 0.15) is 6.54 Å². The maximum Gasteiger partial charge on any atom is 0.410 e. The molecule has 0 atom stereocenters. The molecule has 0 bridgehead atoms. The van der Waals surface area contributed by atoms with Crippen LogP contribution in [-0.4, -0.2) is 55.3 Å². The lowest BCUT2D eigenvalue weighted by molar-refractivity contribution is -0.926. The lowest BCUT2D eigenvalue weighted by atomic mass is 10.1. The number of nitrogens with zero attached hydrogens (tertiary/aromatic N) is 2. The van der Waals surface area contributed by atoms with Crippen LogP contribution in [0.15, 0.2) is 24.3 Å². The Kier molecular flexibility index (Phi) is 6.68. The third-order valence-electron chi connectivity index (χ3n) is 4.16. The van der Waals surface area contributed by atoms with Crippen molar-refractivity contribution in [3.05, 3.63) is 35.4 Å². The summed E-state index contributed by atoms with van der Waals surface area (Å²) >= 11 is 0. The average Bonchev–Trinajstić information content (AvgIpc) is 2.42. The van der Waals surface area contributed by atoms with E-state index in [9.17, 15) is 4.79 Å². The molecular weight excluding hydrogens is 332 g/mol. The van der Waals surface area contributed by atoms with Gasteiger partial charge in [-0.05, 0) is 19.4 Å². The number of quaternary nitrogens is 1. The van der Waals surface area contributed by atoms with Gasteiger partial charge in [0.2, 0.25) is 0 Å². The fourth-order valence-corrected chi connectivity index (χ4v) is 2.70. The Morgan fingerprint density at radius 3 is 2.48 bits per heavy atom. The number of rotatable bonds is 3. The average molecular weight is 357 g/mol. The van der Waals surface area contributed by atoms with Crippen LogP contribution in [0.1, 0.15) is 18.1 Å². The molecule has 4 nitrogen and oxygen atoms in total. The lowest BCUT2D eigenvalue weighted by Crippen LogP contribution is -3.00. The van der Waals surface area contributed by atoms with Gasteiger partial charge in [-0.2, -0.15) is 0 Å². The SMILES string of the molecule is CCOC(=O)N1CC[N+](C)(Cc2ccccc2C)CC1.[Br-]. The molecule has 118 valence electrons. The molecule has 1 aromatic carbocycles. The third-order valence-corrected chi connectivity index (χ3v) is 4.16. The summed E-state index contributed by atoms with van der Waals surface area (Å²) in [5.41, 5.74) is 2.75. The van der Waals surface area contributed by atoms with Crippen LogP contribution in [0.4, 0.5) is 4.79 Å². The molecule has 1 heterocycles. The summed E-state index contributed by atoms with van der Waals surface area (Å²) in [6.07, 6.45) is -0.172. The van der Waals surface area contributed by atoms with Crippen molar-refractivity contribution in [2.45, 2.75) is 20.4 Å². The number of aryl methyl sites for hydroxylation is 1. The van der Waals surface area contributed by atoms with E-state index in [4.69, 9.17) is 4.74 Å². The minimum atomic E-state index is -0.172. The molecule has 5 heteroatoms. The van der Waals surface area contributed by atoms with Crippen LogP contribution in [0, 0.1) is 6.92 Å². The summed E-state index contributed by atoms with van der Waals surface area (Å²) in [4.78, 5) is 13.5. The molecule has 0 unspecified atom stereocenters. The topological polar surface area (TPSA) is 29.5 Å². The number of halogens is 1. The summed E-state index contributed by atoms with van der Waals surface area (Å²) < 4.78 is 6.05. The van der Waals surface area contributed by atoms with E-state index in [1.807, 2.05) is 11.8 Å². The molecule has 21 heavy (non-hydrogen) atoms. The molecule has 1 aromatic rings. The van der Waals surface area contributed by atoms with Crippen molar-refractivity contribution in [3.63, 3.8) is 0 Å². The normalized spacial score (nSPS) is 17.0. The number of hydrogen-bond donors (Lipinski definition) is 0. The monoisotopic (exact) mass is 356 g/mol. The summed E-state index contributed by atoms with van der Waals surface area (Å²) in [7, 11) is 2.27. The predicted molar refractivity (Wildman–Crippen MR) is 79.4 cm³/mol. The summed E-state index contributed by atoms with van der Waals surface area (Å²) in [5.74, 6) is 0. The molecule has 0 spiro atoms. The van der Waals surface area contributed by atoms with Gasteiger partial charge in [0, 0.05) is 5.56 Å². The largest absolute Gasteiger partial charge is 1.00 e. The summed E-state index contributed by atoms with van der Waals surface area (Å²) in [6, 6.07) is 8.55. The van der Waals surface area contributed by atoms with Crippen molar-refractivity contribution < 1.29 is 31.0 Å². The van der Waals surface area contributed by atoms with Crippen molar-refractivity contribution in [1.82, 2.24) is 4.90 Å². The smallest absolute Gasteiger partial charge is 0.410 e. The van der Waals surface area contributed by atoms with E-state index in [-0.39, 0.29) is 23.1 Å². The number of ether oxygens (including phenoxy) is 1. The second-order valence-corrected chi connectivity index (χ2v) is 5.84. The Bertz CT molecular complexity index is 471. The number of benzene rings is 1. The van der Waals surface area contributed by atoms with Gasteiger partial charge in [-0.3, -0.25) is 4.90 Å².